The summed E-state index contributed by atoms with van der Waals surface area (Å²) in [5.74, 6) is -0.395. The van der Waals surface area contributed by atoms with Crippen molar-refractivity contribution < 1.29 is 18.0 Å². The fourth-order valence-corrected chi connectivity index (χ4v) is 7.45. The lowest BCUT2D eigenvalue weighted by Gasteiger charge is -2.30. The molecule has 0 bridgehead atoms. The quantitative estimate of drug-likeness (QED) is 0.392. The summed E-state index contributed by atoms with van der Waals surface area (Å²) in [6.45, 7) is 2.11. The summed E-state index contributed by atoms with van der Waals surface area (Å²) in [4.78, 5) is 28.5. The lowest BCUT2D eigenvalue weighted by molar-refractivity contribution is -0.140. The first kappa shape index (κ1) is 26.5. The van der Waals surface area contributed by atoms with Crippen LogP contribution < -0.4 is 9.62 Å². The first-order chi connectivity index (χ1) is 18.3. The standard InChI is InChI=1S/C29H32ClN3O4S/c1-20(29(35)31-23-12-3-4-13-23)32(19-22-9-2-5-14-24(22)30)27(34)17-8-18-33-25-15-6-10-21-11-7-16-26(28(21)25)38(33,36)37/h2,5-7,9-11,14-16,20,23H,3-4,8,12-13,17-19H2,1H3,(H,31,35). The molecule has 0 saturated heterocycles. The van der Waals surface area contributed by atoms with Crippen LogP contribution in [0.4, 0.5) is 5.69 Å². The third-order valence-corrected chi connectivity index (χ3v) is 9.82. The maximum Gasteiger partial charge on any atom is 0.265 e. The highest BCUT2D eigenvalue weighted by Crippen LogP contribution is 2.42. The van der Waals surface area contributed by atoms with E-state index in [0.717, 1.165) is 42.0 Å². The zero-order chi connectivity index (χ0) is 26.9. The van der Waals surface area contributed by atoms with E-state index in [9.17, 15) is 18.0 Å². The molecular formula is C29H32ClN3O4S. The Labute approximate surface area is 228 Å². The summed E-state index contributed by atoms with van der Waals surface area (Å²) in [5, 5.41) is 5.22. The van der Waals surface area contributed by atoms with Crippen molar-refractivity contribution in [2.75, 3.05) is 10.8 Å². The number of carbonyl (C=O) groups is 2. The smallest absolute Gasteiger partial charge is 0.265 e. The number of carbonyl (C=O) groups excluding carboxylic acids is 2. The van der Waals surface area contributed by atoms with Crippen LogP contribution in [-0.4, -0.2) is 43.8 Å². The molecule has 9 heteroatoms. The van der Waals surface area contributed by atoms with Gasteiger partial charge in [0, 0.05) is 36.0 Å². The number of rotatable bonds is 9. The molecule has 1 fully saturated rings. The summed E-state index contributed by atoms with van der Waals surface area (Å²) in [5.41, 5.74) is 1.40. The molecule has 2 aliphatic rings. The first-order valence-corrected chi connectivity index (χ1v) is 15.0. The van der Waals surface area contributed by atoms with Gasteiger partial charge in [-0.3, -0.25) is 13.9 Å². The van der Waals surface area contributed by atoms with Gasteiger partial charge in [0.1, 0.15) is 6.04 Å². The molecule has 1 aliphatic heterocycles. The fourth-order valence-electron chi connectivity index (χ4n) is 5.50. The number of hydrogen-bond donors (Lipinski definition) is 1. The number of hydrogen-bond acceptors (Lipinski definition) is 4. The van der Waals surface area contributed by atoms with E-state index in [4.69, 9.17) is 11.6 Å². The second-order valence-corrected chi connectivity index (χ2v) is 12.3. The van der Waals surface area contributed by atoms with E-state index in [-0.39, 0.29) is 37.4 Å². The van der Waals surface area contributed by atoms with E-state index in [1.165, 1.54) is 4.31 Å². The van der Waals surface area contributed by atoms with Gasteiger partial charge in [-0.1, -0.05) is 66.9 Å². The Bertz CT molecular complexity index is 1460. The molecule has 200 valence electrons. The van der Waals surface area contributed by atoms with Crippen LogP contribution in [0.5, 0.6) is 0 Å². The molecule has 1 unspecified atom stereocenters. The van der Waals surface area contributed by atoms with Crippen molar-refractivity contribution >= 4 is 49.9 Å². The summed E-state index contributed by atoms with van der Waals surface area (Å²) >= 11 is 6.39. The Kier molecular flexibility index (Phi) is 7.63. The predicted molar refractivity (Wildman–Crippen MR) is 150 cm³/mol. The molecule has 1 saturated carbocycles. The first-order valence-electron chi connectivity index (χ1n) is 13.1. The zero-order valence-electron chi connectivity index (χ0n) is 21.4. The van der Waals surface area contributed by atoms with Crippen LogP contribution in [0.25, 0.3) is 10.8 Å². The zero-order valence-corrected chi connectivity index (χ0v) is 23.0. The number of nitrogens with one attached hydrogen (secondary N) is 1. The average Bonchev–Trinajstić information content (AvgIpc) is 3.49. The van der Waals surface area contributed by atoms with Crippen molar-refractivity contribution in [2.24, 2.45) is 0 Å². The number of halogens is 1. The number of nitrogens with zero attached hydrogens (tertiary/aromatic N) is 2. The van der Waals surface area contributed by atoms with E-state index in [1.807, 2.05) is 36.4 Å². The molecule has 0 spiro atoms. The van der Waals surface area contributed by atoms with E-state index in [0.29, 0.717) is 22.0 Å². The van der Waals surface area contributed by atoms with Crippen LogP contribution in [0.1, 0.15) is 51.0 Å². The van der Waals surface area contributed by atoms with Gasteiger partial charge in [0.15, 0.2) is 0 Å². The van der Waals surface area contributed by atoms with E-state index in [2.05, 4.69) is 5.32 Å². The minimum absolute atomic E-state index is 0.101. The van der Waals surface area contributed by atoms with Gasteiger partial charge in [0.2, 0.25) is 11.8 Å². The molecule has 0 aromatic heterocycles. The molecule has 1 atom stereocenters. The van der Waals surface area contributed by atoms with Crippen molar-refractivity contribution in [3.05, 3.63) is 71.2 Å². The summed E-state index contributed by atoms with van der Waals surface area (Å²) in [7, 11) is -3.69. The molecule has 1 heterocycles. The number of anilines is 1. The van der Waals surface area contributed by atoms with E-state index in [1.54, 1.807) is 36.1 Å². The molecule has 1 aliphatic carbocycles. The monoisotopic (exact) mass is 553 g/mol. The summed E-state index contributed by atoms with van der Waals surface area (Å²) in [6, 6.07) is 17.6. The largest absolute Gasteiger partial charge is 0.352 e. The van der Waals surface area contributed by atoms with Crippen molar-refractivity contribution in [1.82, 2.24) is 10.2 Å². The number of benzene rings is 3. The van der Waals surface area contributed by atoms with Gasteiger partial charge in [-0.05, 0) is 55.3 Å². The maximum absolute atomic E-state index is 13.5. The predicted octanol–water partition coefficient (Wildman–Crippen LogP) is 5.26. The Hall–Kier alpha value is -3.10. The Morgan fingerprint density at radius 2 is 1.76 bits per heavy atom. The average molecular weight is 554 g/mol. The van der Waals surface area contributed by atoms with E-state index >= 15 is 0 Å². The Morgan fingerprint density at radius 3 is 2.50 bits per heavy atom. The highest BCUT2D eigenvalue weighted by atomic mass is 35.5. The normalized spacial score (nSPS) is 17.1. The minimum Gasteiger partial charge on any atom is -0.352 e. The molecule has 2 amide bonds. The highest BCUT2D eigenvalue weighted by Gasteiger charge is 2.35. The van der Waals surface area contributed by atoms with Gasteiger partial charge in [-0.15, -0.1) is 0 Å². The van der Waals surface area contributed by atoms with Crippen LogP contribution in [0, 0.1) is 0 Å². The fraction of sp³-hybridized carbons (Fsp3) is 0.379. The van der Waals surface area contributed by atoms with E-state index < -0.39 is 16.1 Å². The van der Waals surface area contributed by atoms with Crippen LogP contribution >= 0.6 is 11.6 Å². The number of amides is 2. The van der Waals surface area contributed by atoms with Gasteiger partial charge in [-0.2, -0.15) is 0 Å². The molecule has 1 N–H and O–H groups in total. The van der Waals surface area contributed by atoms with Crippen molar-refractivity contribution in [3.63, 3.8) is 0 Å². The third kappa shape index (κ3) is 5.12. The maximum atomic E-state index is 13.5. The van der Waals surface area contributed by atoms with Crippen LogP contribution in [0.2, 0.25) is 5.02 Å². The lowest BCUT2D eigenvalue weighted by Crippen LogP contribution is -2.49. The van der Waals surface area contributed by atoms with Gasteiger partial charge in [-0.25, -0.2) is 8.42 Å². The van der Waals surface area contributed by atoms with Crippen LogP contribution in [0.3, 0.4) is 0 Å². The van der Waals surface area contributed by atoms with Crippen LogP contribution in [0.15, 0.2) is 65.6 Å². The second kappa shape index (κ2) is 10.9. The second-order valence-electron chi connectivity index (χ2n) is 10.1. The molecule has 0 radical (unpaired) electrons. The minimum atomic E-state index is -3.69. The van der Waals surface area contributed by atoms with Crippen molar-refractivity contribution in [1.29, 1.82) is 0 Å². The SMILES string of the molecule is CC(C(=O)NC1CCCC1)N(Cc1ccccc1Cl)C(=O)CCCN1c2cccc3cccc(c23)S1(=O)=O. The van der Waals surface area contributed by atoms with Crippen molar-refractivity contribution in [2.45, 2.75) is 69.0 Å². The Morgan fingerprint density at radius 1 is 1.05 bits per heavy atom. The summed E-state index contributed by atoms with van der Waals surface area (Å²) in [6.07, 6.45) is 4.52. The third-order valence-electron chi connectivity index (χ3n) is 7.60. The van der Waals surface area contributed by atoms with Gasteiger partial charge < -0.3 is 10.2 Å². The molecular weight excluding hydrogens is 522 g/mol. The molecule has 5 rings (SSSR count). The molecule has 3 aromatic carbocycles. The molecule has 7 nitrogen and oxygen atoms in total. The van der Waals surface area contributed by atoms with Gasteiger partial charge >= 0.3 is 0 Å². The Balaban J connectivity index is 1.30. The highest BCUT2D eigenvalue weighted by molar-refractivity contribution is 7.93. The lowest BCUT2D eigenvalue weighted by atomic mass is 10.1. The molecule has 38 heavy (non-hydrogen) atoms. The van der Waals surface area contributed by atoms with Gasteiger partial charge in [0.25, 0.3) is 10.0 Å². The topological polar surface area (TPSA) is 86.8 Å². The van der Waals surface area contributed by atoms with Crippen LogP contribution in [-0.2, 0) is 26.2 Å². The van der Waals surface area contributed by atoms with Crippen molar-refractivity contribution in [3.8, 4) is 0 Å². The molecule has 3 aromatic rings. The number of sulfonamides is 1. The summed E-state index contributed by atoms with van der Waals surface area (Å²) < 4.78 is 28.0. The van der Waals surface area contributed by atoms with Gasteiger partial charge in [0.05, 0.1) is 10.6 Å².